The Kier molecular flexibility index (Phi) is 8.69. The lowest BCUT2D eigenvalue weighted by Crippen LogP contribution is -2.32. The van der Waals surface area contributed by atoms with Crippen LogP contribution in [0.3, 0.4) is 0 Å². The Morgan fingerprint density at radius 1 is 0.917 bits per heavy atom. The lowest BCUT2D eigenvalue weighted by molar-refractivity contribution is -0.123. The smallest absolute Gasteiger partial charge is 0.293 e. The summed E-state index contributed by atoms with van der Waals surface area (Å²) in [4.78, 5) is 26.7. The van der Waals surface area contributed by atoms with E-state index in [0.717, 1.165) is 22.2 Å². The number of nitrogens with zero attached hydrogens (tertiary/aromatic N) is 1. The van der Waals surface area contributed by atoms with Crippen molar-refractivity contribution in [3.05, 3.63) is 91.8 Å². The number of ether oxygens (including phenoxy) is 3. The van der Waals surface area contributed by atoms with Gasteiger partial charge < -0.3 is 14.2 Å². The predicted molar refractivity (Wildman–Crippen MR) is 143 cm³/mol. The largest absolute Gasteiger partial charge is 0.493 e. The first-order chi connectivity index (χ1) is 17.4. The first kappa shape index (κ1) is 26.2. The number of hydrogen-bond acceptors (Lipinski definition) is 6. The topological polar surface area (TPSA) is 65.1 Å². The number of hydrogen-bond donors (Lipinski definition) is 0. The second kappa shape index (κ2) is 11.9. The van der Waals surface area contributed by atoms with Gasteiger partial charge in [0.1, 0.15) is 19.0 Å². The van der Waals surface area contributed by atoms with Crippen molar-refractivity contribution in [3.63, 3.8) is 0 Å². The van der Waals surface area contributed by atoms with E-state index in [-0.39, 0.29) is 29.9 Å². The lowest BCUT2D eigenvalue weighted by atomic mass is 10.1. The molecule has 4 rings (SSSR count). The van der Waals surface area contributed by atoms with Crippen molar-refractivity contribution in [2.24, 2.45) is 0 Å². The monoisotopic (exact) mass is 563 g/mol. The van der Waals surface area contributed by atoms with E-state index in [9.17, 15) is 9.59 Å². The zero-order valence-corrected chi connectivity index (χ0v) is 22.1. The molecule has 1 saturated heterocycles. The van der Waals surface area contributed by atoms with Crippen molar-refractivity contribution >= 4 is 63.8 Å². The van der Waals surface area contributed by atoms with Gasteiger partial charge in [-0.25, -0.2) is 0 Å². The van der Waals surface area contributed by atoms with E-state index in [1.54, 1.807) is 54.6 Å². The summed E-state index contributed by atoms with van der Waals surface area (Å²) < 4.78 is 16.9. The highest BCUT2D eigenvalue weighted by Crippen LogP contribution is 2.39. The van der Waals surface area contributed by atoms with Crippen molar-refractivity contribution in [1.29, 1.82) is 0 Å². The van der Waals surface area contributed by atoms with Crippen LogP contribution in [0.4, 0.5) is 4.79 Å². The summed E-state index contributed by atoms with van der Waals surface area (Å²) in [6.07, 6.45) is 1.59. The maximum Gasteiger partial charge on any atom is 0.293 e. The fourth-order valence-corrected chi connectivity index (χ4v) is 4.81. The van der Waals surface area contributed by atoms with Crippen molar-refractivity contribution in [1.82, 2.24) is 4.90 Å². The third-order valence-electron chi connectivity index (χ3n) is 5.13. The highest BCUT2D eigenvalue weighted by molar-refractivity contribution is 8.18. The average molecular weight is 565 g/mol. The number of rotatable bonds is 9. The summed E-state index contributed by atoms with van der Waals surface area (Å²) >= 11 is 19.3. The van der Waals surface area contributed by atoms with Crippen molar-refractivity contribution in [3.8, 4) is 17.2 Å². The molecular weight excluding hydrogens is 545 g/mol. The molecule has 0 saturated carbocycles. The Hall–Kier alpha value is -2.84. The van der Waals surface area contributed by atoms with Crippen LogP contribution in [0.15, 0.2) is 65.6 Å². The Balaban J connectivity index is 1.44. The minimum Gasteiger partial charge on any atom is -0.493 e. The first-order valence-electron chi connectivity index (χ1n) is 10.7. The van der Waals surface area contributed by atoms with Gasteiger partial charge in [-0.05, 0) is 65.4 Å². The maximum absolute atomic E-state index is 12.9. The molecule has 0 aliphatic carbocycles. The molecule has 0 aromatic heterocycles. The number of benzene rings is 3. The number of methoxy groups -OCH3 is 1. The van der Waals surface area contributed by atoms with E-state index in [4.69, 9.17) is 49.0 Å². The average Bonchev–Trinajstić information content (AvgIpc) is 3.12. The van der Waals surface area contributed by atoms with E-state index < -0.39 is 5.91 Å². The zero-order chi connectivity index (χ0) is 25.7. The summed E-state index contributed by atoms with van der Waals surface area (Å²) in [7, 11) is 1.50. The van der Waals surface area contributed by atoms with E-state index in [1.807, 2.05) is 12.1 Å². The number of carbonyl (C=O) groups excluding carboxylic acids is 2. The highest BCUT2D eigenvalue weighted by atomic mass is 35.5. The van der Waals surface area contributed by atoms with E-state index in [2.05, 4.69) is 0 Å². The molecule has 6 nitrogen and oxygen atoms in total. The predicted octanol–water partition coefficient (Wildman–Crippen LogP) is 7.35. The Labute approximate surface area is 227 Å². The van der Waals surface area contributed by atoms with Crippen LogP contribution in [0.25, 0.3) is 6.08 Å². The Bertz CT molecular complexity index is 1310. The molecule has 0 spiro atoms. The first-order valence-corrected chi connectivity index (χ1v) is 12.7. The molecule has 0 atom stereocenters. The van der Waals surface area contributed by atoms with Crippen LogP contribution >= 0.6 is 46.6 Å². The minimum atomic E-state index is -0.411. The van der Waals surface area contributed by atoms with Gasteiger partial charge in [-0.3, -0.25) is 14.5 Å². The molecule has 0 N–H and O–H groups in total. The molecule has 0 radical (unpaired) electrons. The lowest BCUT2D eigenvalue weighted by Gasteiger charge is -2.14. The molecule has 1 heterocycles. The Morgan fingerprint density at radius 2 is 1.67 bits per heavy atom. The van der Waals surface area contributed by atoms with Crippen LogP contribution in [0.5, 0.6) is 17.2 Å². The third kappa shape index (κ3) is 6.28. The molecule has 3 aromatic rings. The molecular formula is C26H20Cl3NO5S. The summed E-state index contributed by atoms with van der Waals surface area (Å²) in [6, 6.07) is 17.6. The minimum absolute atomic E-state index is 0.0920. The maximum atomic E-state index is 12.9. The van der Waals surface area contributed by atoms with E-state index in [0.29, 0.717) is 37.9 Å². The van der Waals surface area contributed by atoms with Crippen molar-refractivity contribution in [2.45, 2.75) is 6.61 Å². The SMILES string of the molecule is COc1cc(/C=C2\SC(=O)N(CCOc3ccccc3Cl)C2=O)cc(Cl)c1OCc1ccc(Cl)cc1. The molecule has 1 aliphatic rings. The highest BCUT2D eigenvalue weighted by Gasteiger charge is 2.35. The van der Waals surface area contributed by atoms with Crippen LogP contribution in [0.1, 0.15) is 11.1 Å². The summed E-state index contributed by atoms with van der Waals surface area (Å²) in [5.41, 5.74) is 1.50. The van der Waals surface area contributed by atoms with Gasteiger partial charge >= 0.3 is 0 Å². The second-order valence-corrected chi connectivity index (χ2v) is 9.81. The number of thioether (sulfide) groups is 1. The standard InChI is InChI=1S/C26H20Cl3NO5S/c1-33-22-13-17(12-20(29)24(22)35-15-16-6-8-18(27)9-7-16)14-23-25(31)30(26(32)36-23)10-11-34-21-5-3-2-4-19(21)28/h2-9,12-14H,10-11,15H2,1H3/b23-14-. The summed E-state index contributed by atoms with van der Waals surface area (Å²) in [5.74, 6) is 0.846. The molecule has 0 unspecified atom stereocenters. The van der Waals surface area contributed by atoms with Crippen LogP contribution in [0.2, 0.25) is 15.1 Å². The fourth-order valence-electron chi connectivity index (χ4n) is 3.35. The van der Waals surface area contributed by atoms with Crippen LogP contribution in [0, 0.1) is 0 Å². The van der Waals surface area contributed by atoms with Crippen molar-refractivity contribution < 1.29 is 23.8 Å². The van der Waals surface area contributed by atoms with Crippen LogP contribution in [-0.4, -0.2) is 36.3 Å². The van der Waals surface area contributed by atoms with Crippen LogP contribution in [-0.2, 0) is 11.4 Å². The summed E-state index contributed by atoms with van der Waals surface area (Å²) in [5, 5.41) is 1.02. The quantitative estimate of drug-likeness (QED) is 0.253. The van der Waals surface area contributed by atoms with Gasteiger partial charge in [0.05, 0.1) is 28.6 Å². The molecule has 1 aliphatic heterocycles. The molecule has 0 bridgehead atoms. The van der Waals surface area contributed by atoms with Crippen LogP contribution < -0.4 is 14.2 Å². The van der Waals surface area contributed by atoms with Crippen molar-refractivity contribution in [2.75, 3.05) is 20.3 Å². The Morgan fingerprint density at radius 3 is 2.39 bits per heavy atom. The van der Waals surface area contributed by atoms with Gasteiger partial charge in [0.2, 0.25) is 0 Å². The van der Waals surface area contributed by atoms with Gasteiger partial charge in [0.25, 0.3) is 11.1 Å². The number of amides is 2. The molecule has 2 amide bonds. The van der Waals surface area contributed by atoms with Gasteiger partial charge in [-0.15, -0.1) is 0 Å². The molecule has 3 aromatic carbocycles. The number of halogens is 3. The summed E-state index contributed by atoms with van der Waals surface area (Å²) in [6.45, 7) is 0.477. The van der Waals surface area contributed by atoms with Gasteiger partial charge in [-0.2, -0.15) is 0 Å². The van der Waals surface area contributed by atoms with Gasteiger partial charge in [0.15, 0.2) is 11.5 Å². The number of imide groups is 1. The van der Waals surface area contributed by atoms with Gasteiger partial charge in [0, 0.05) is 5.02 Å². The normalized spacial score (nSPS) is 14.4. The van der Waals surface area contributed by atoms with Gasteiger partial charge in [-0.1, -0.05) is 59.1 Å². The third-order valence-corrected chi connectivity index (χ3v) is 6.88. The second-order valence-electron chi connectivity index (χ2n) is 7.56. The fraction of sp³-hybridized carbons (Fsp3) is 0.154. The number of carbonyl (C=O) groups is 2. The zero-order valence-electron chi connectivity index (χ0n) is 19.0. The van der Waals surface area contributed by atoms with E-state index >= 15 is 0 Å². The molecule has 10 heteroatoms. The molecule has 186 valence electrons. The number of para-hydroxylation sites is 1. The van der Waals surface area contributed by atoms with E-state index in [1.165, 1.54) is 7.11 Å². The molecule has 36 heavy (non-hydrogen) atoms. The molecule has 1 fully saturated rings.